The monoisotopic (exact) mass is 190 g/mol. The zero-order valence-corrected chi connectivity index (χ0v) is 7.97. The Bertz CT molecular complexity index is 397. The Morgan fingerprint density at radius 1 is 1.21 bits per heavy atom. The molecule has 14 heavy (non-hydrogen) atoms. The fourth-order valence-electron chi connectivity index (χ4n) is 1.21. The number of hydrogen-bond donors (Lipinski definition) is 1. The molecule has 0 spiro atoms. The summed E-state index contributed by atoms with van der Waals surface area (Å²) in [7, 11) is 1.96. The van der Waals surface area contributed by atoms with Crippen LogP contribution in [-0.4, -0.2) is 17.2 Å². The predicted octanol–water partition coefficient (Wildman–Crippen LogP) is 0.430. The molecule has 0 fully saturated rings. The minimum absolute atomic E-state index is 0.586. The van der Waals surface area contributed by atoms with E-state index in [9.17, 15) is 0 Å². The lowest BCUT2D eigenvalue weighted by Gasteiger charge is -1.91. The van der Waals surface area contributed by atoms with Gasteiger partial charge in [-0.05, 0) is 12.1 Å². The van der Waals surface area contributed by atoms with E-state index in [2.05, 4.69) is 10.2 Å². The Morgan fingerprint density at radius 2 is 2.00 bits per heavy atom. The molecule has 2 rings (SSSR count). The van der Waals surface area contributed by atoms with Crippen LogP contribution in [0, 0.1) is 0 Å². The first-order chi connectivity index (χ1) is 6.90. The lowest BCUT2D eigenvalue weighted by Crippen LogP contribution is -2.77. The van der Waals surface area contributed by atoms with Gasteiger partial charge < -0.3 is 9.73 Å². The average Bonchev–Trinajstić information content (AvgIpc) is 2.68. The molecule has 0 atom stereocenters. The topological polar surface area (TPSA) is 55.5 Å². The Balaban J connectivity index is 2.25. The normalized spacial score (nSPS) is 10.4. The predicted molar refractivity (Wildman–Crippen MR) is 51.3 cm³/mol. The highest BCUT2D eigenvalue weighted by Gasteiger charge is 2.07. The van der Waals surface area contributed by atoms with E-state index in [1.54, 1.807) is 0 Å². The van der Waals surface area contributed by atoms with Crippen LogP contribution in [0.5, 0.6) is 0 Å². The average molecular weight is 190 g/mol. The third-order valence-corrected chi connectivity index (χ3v) is 1.87. The first-order valence-electron chi connectivity index (χ1n) is 4.56. The smallest absolute Gasteiger partial charge is 0.271 e. The lowest BCUT2D eigenvalue weighted by atomic mass is 10.2. The number of quaternary nitrogens is 1. The van der Waals surface area contributed by atoms with Gasteiger partial charge in [-0.1, -0.05) is 18.2 Å². The van der Waals surface area contributed by atoms with Crippen LogP contribution >= 0.6 is 0 Å². The number of benzene rings is 1. The quantitative estimate of drug-likeness (QED) is 0.763. The van der Waals surface area contributed by atoms with Crippen LogP contribution in [0.3, 0.4) is 0 Å². The molecule has 0 amide bonds. The summed E-state index contributed by atoms with van der Waals surface area (Å²) in [6, 6.07) is 9.76. The van der Waals surface area contributed by atoms with E-state index in [0.717, 1.165) is 12.1 Å². The van der Waals surface area contributed by atoms with Crippen molar-refractivity contribution in [2.45, 2.75) is 6.54 Å². The summed E-state index contributed by atoms with van der Waals surface area (Å²) >= 11 is 0. The molecule has 0 bridgehead atoms. The van der Waals surface area contributed by atoms with Crippen LogP contribution in [0.2, 0.25) is 0 Å². The second-order valence-electron chi connectivity index (χ2n) is 2.98. The van der Waals surface area contributed by atoms with Crippen molar-refractivity contribution in [2.75, 3.05) is 7.05 Å². The van der Waals surface area contributed by atoms with Gasteiger partial charge in [-0.2, -0.15) is 0 Å². The zero-order valence-electron chi connectivity index (χ0n) is 7.97. The maximum absolute atomic E-state index is 5.46. The van der Waals surface area contributed by atoms with E-state index in [0.29, 0.717) is 11.8 Å². The largest absolute Gasteiger partial charge is 0.415 e. The number of nitrogens with zero attached hydrogens (tertiary/aromatic N) is 2. The van der Waals surface area contributed by atoms with Gasteiger partial charge in [-0.15, -0.1) is 10.2 Å². The molecule has 0 aliphatic carbocycles. The van der Waals surface area contributed by atoms with Gasteiger partial charge in [0, 0.05) is 5.56 Å². The lowest BCUT2D eigenvalue weighted by molar-refractivity contribution is -0.645. The van der Waals surface area contributed by atoms with E-state index >= 15 is 0 Å². The van der Waals surface area contributed by atoms with Gasteiger partial charge in [-0.3, -0.25) is 0 Å². The molecule has 0 unspecified atom stereocenters. The van der Waals surface area contributed by atoms with Gasteiger partial charge in [0.25, 0.3) is 5.89 Å². The Hall–Kier alpha value is -1.68. The summed E-state index contributed by atoms with van der Waals surface area (Å²) < 4.78 is 5.46. The SMILES string of the molecule is C[NH2+]Cc1nnc(-c2ccccc2)o1. The maximum Gasteiger partial charge on any atom is 0.271 e. The second kappa shape index (κ2) is 4.02. The molecule has 0 saturated carbocycles. The summed E-state index contributed by atoms with van der Waals surface area (Å²) in [5.41, 5.74) is 0.961. The molecule has 4 nitrogen and oxygen atoms in total. The van der Waals surface area contributed by atoms with E-state index in [-0.39, 0.29) is 0 Å². The highest BCUT2D eigenvalue weighted by atomic mass is 16.4. The van der Waals surface area contributed by atoms with Crippen molar-refractivity contribution in [3.8, 4) is 11.5 Å². The Labute approximate surface area is 82.0 Å². The molecule has 0 aliphatic rings. The van der Waals surface area contributed by atoms with E-state index < -0.39 is 0 Å². The summed E-state index contributed by atoms with van der Waals surface area (Å²) in [5, 5.41) is 9.89. The summed E-state index contributed by atoms with van der Waals surface area (Å²) in [6.45, 7) is 0.722. The molecule has 2 N–H and O–H groups in total. The van der Waals surface area contributed by atoms with Gasteiger partial charge in [-0.25, -0.2) is 0 Å². The number of aromatic nitrogens is 2. The van der Waals surface area contributed by atoms with Gasteiger partial charge >= 0.3 is 0 Å². The molecule has 1 aromatic carbocycles. The molecule has 1 aromatic heterocycles. The van der Waals surface area contributed by atoms with Crippen LogP contribution in [-0.2, 0) is 6.54 Å². The van der Waals surface area contributed by atoms with Crippen LogP contribution in [0.15, 0.2) is 34.7 Å². The Kier molecular flexibility index (Phi) is 2.55. The molecule has 0 radical (unpaired) electrons. The van der Waals surface area contributed by atoms with Crippen molar-refractivity contribution in [1.82, 2.24) is 10.2 Å². The first-order valence-corrected chi connectivity index (χ1v) is 4.56. The summed E-state index contributed by atoms with van der Waals surface area (Å²) in [6.07, 6.45) is 0. The number of hydrogen-bond acceptors (Lipinski definition) is 3. The highest BCUT2D eigenvalue weighted by Crippen LogP contribution is 2.16. The number of nitrogens with two attached hydrogens (primary N) is 1. The molecular weight excluding hydrogens is 178 g/mol. The third-order valence-electron chi connectivity index (χ3n) is 1.87. The molecule has 4 heteroatoms. The summed E-state index contributed by atoms with van der Waals surface area (Å²) in [4.78, 5) is 0. The second-order valence-corrected chi connectivity index (χ2v) is 2.98. The van der Waals surface area contributed by atoms with Crippen molar-refractivity contribution in [3.63, 3.8) is 0 Å². The van der Waals surface area contributed by atoms with Crippen LogP contribution < -0.4 is 5.32 Å². The molecule has 0 aliphatic heterocycles. The minimum atomic E-state index is 0.586. The van der Waals surface area contributed by atoms with Crippen LogP contribution in [0.4, 0.5) is 0 Å². The van der Waals surface area contributed by atoms with Crippen molar-refractivity contribution in [2.24, 2.45) is 0 Å². The molecule has 1 heterocycles. The molecule has 72 valence electrons. The molecular formula is C10H12N3O+. The molecule has 2 aromatic rings. The summed E-state index contributed by atoms with van der Waals surface area (Å²) in [5.74, 6) is 1.24. The van der Waals surface area contributed by atoms with E-state index in [4.69, 9.17) is 4.42 Å². The van der Waals surface area contributed by atoms with Crippen molar-refractivity contribution >= 4 is 0 Å². The van der Waals surface area contributed by atoms with Crippen molar-refractivity contribution in [1.29, 1.82) is 0 Å². The maximum atomic E-state index is 5.46. The Morgan fingerprint density at radius 3 is 2.71 bits per heavy atom. The standard InChI is InChI=1S/C10H11N3O/c1-11-7-9-12-13-10(14-9)8-5-3-2-4-6-8/h2-6,11H,7H2,1H3/p+1. The van der Waals surface area contributed by atoms with E-state index in [1.807, 2.05) is 42.7 Å². The van der Waals surface area contributed by atoms with Crippen LogP contribution in [0.25, 0.3) is 11.5 Å². The fraction of sp³-hybridized carbons (Fsp3) is 0.200. The van der Waals surface area contributed by atoms with Gasteiger partial charge in [0.2, 0.25) is 5.89 Å². The third kappa shape index (κ3) is 1.80. The highest BCUT2D eigenvalue weighted by molar-refractivity contribution is 5.51. The van der Waals surface area contributed by atoms with E-state index in [1.165, 1.54) is 0 Å². The van der Waals surface area contributed by atoms with Crippen LogP contribution in [0.1, 0.15) is 5.89 Å². The number of rotatable bonds is 3. The fourth-order valence-corrected chi connectivity index (χ4v) is 1.21. The minimum Gasteiger partial charge on any atom is -0.415 e. The molecule has 0 saturated heterocycles. The first kappa shape index (κ1) is 8.90. The van der Waals surface area contributed by atoms with Crippen molar-refractivity contribution in [3.05, 3.63) is 36.2 Å². The van der Waals surface area contributed by atoms with Crippen molar-refractivity contribution < 1.29 is 9.73 Å². The van der Waals surface area contributed by atoms with Gasteiger partial charge in [0.1, 0.15) is 0 Å². The van der Waals surface area contributed by atoms with Gasteiger partial charge in [0.15, 0.2) is 6.54 Å². The van der Waals surface area contributed by atoms with Gasteiger partial charge in [0.05, 0.1) is 7.05 Å². The zero-order chi connectivity index (χ0) is 9.80.